The number of halogens is 1. The lowest BCUT2D eigenvalue weighted by Gasteiger charge is -2.06. The number of esters is 1. The average molecular weight is 330 g/mol. The van der Waals surface area contributed by atoms with Gasteiger partial charge in [0.2, 0.25) is 0 Å². The summed E-state index contributed by atoms with van der Waals surface area (Å²) in [7, 11) is 1.40. The molecule has 2 aromatic rings. The molecule has 0 atom stereocenters. The van der Waals surface area contributed by atoms with Crippen LogP contribution in [0.4, 0.5) is 0 Å². The SMILES string of the molecule is COC(=O)C1=Cc2c(ccnc2-c2ccc(Br)cc2)C1. The molecule has 1 aliphatic carbocycles. The number of hydrogen-bond donors (Lipinski definition) is 0. The molecule has 0 N–H and O–H groups in total. The van der Waals surface area contributed by atoms with Gasteiger partial charge in [0.1, 0.15) is 0 Å². The Bertz CT molecular complexity index is 705. The number of methoxy groups -OCH3 is 1. The summed E-state index contributed by atoms with van der Waals surface area (Å²) >= 11 is 3.42. The van der Waals surface area contributed by atoms with Gasteiger partial charge in [0.25, 0.3) is 0 Å². The third kappa shape index (κ3) is 2.27. The maximum Gasteiger partial charge on any atom is 0.334 e. The van der Waals surface area contributed by atoms with E-state index in [2.05, 4.69) is 20.9 Å². The Hall–Kier alpha value is -1.94. The van der Waals surface area contributed by atoms with Gasteiger partial charge in [0.15, 0.2) is 0 Å². The third-order valence-corrected chi connectivity index (χ3v) is 3.87. The molecular weight excluding hydrogens is 318 g/mol. The van der Waals surface area contributed by atoms with Crippen molar-refractivity contribution in [1.82, 2.24) is 4.98 Å². The minimum absolute atomic E-state index is 0.275. The molecule has 100 valence electrons. The van der Waals surface area contributed by atoms with Crippen LogP contribution in [0.2, 0.25) is 0 Å². The minimum atomic E-state index is -0.275. The first-order valence-corrected chi connectivity index (χ1v) is 7.01. The number of carbonyl (C=O) groups is 1. The molecule has 1 aliphatic rings. The number of carbonyl (C=O) groups excluding carboxylic acids is 1. The standard InChI is InChI=1S/C16H12BrNO2/c1-20-16(19)12-8-11-6-7-18-15(14(11)9-12)10-2-4-13(17)5-3-10/h2-7,9H,8H2,1H3. The van der Waals surface area contributed by atoms with Gasteiger partial charge in [0, 0.05) is 33.8 Å². The van der Waals surface area contributed by atoms with Crippen molar-refractivity contribution in [2.24, 2.45) is 0 Å². The topological polar surface area (TPSA) is 39.2 Å². The Morgan fingerprint density at radius 1 is 1.25 bits per heavy atom. The molecule has 1 heterocycles. The van der Waals surface area contributed by atoms with Crippen molar-refractivity contribution >= 4 is 28.0 Å². The molecule has 20 heavy (non-hydrogen) atoms. The van der Waals surface area contributed by atoms with Crippen molar-refractivity contribution in [2.45, 2.75) is 6.42 Å². The summed E-state index contributed by atoms with van der Waals surface area (Å²) in [6.07, 6.45) is 4.27. The summed E-state index contributed by atoms with van der Waals surface area (Å²) in [5.41, 5.74) is 4.73. The summed E-state index contributed by atoms with van der Waals surface area (Å²) in [4.78, 5) is 16.1. The van der Waals surface area contributed by atoms with Crippen LogP contribution < -0.4 is 0 Å². The maximum absolute atomic E-state index is 11.7. The van der Waals surface area contributed by atoms with Gasteiger partial charge in [-0.05, 0) is 29.8 Å². The van der Waals surface area contributed by atoms with E-state index in [1.165, 1.54) is 7.11 Å². The number of nitrogens with zero attached hydrogens (tertiary/aromatic N) is 1. The Kier molecular flexibility index (Phi) is 3.40. The molecule has 0 bridgehead atoms. The zero-order valence-electron chi connectivity index (χ0n) is 10.9. The molecule has 0 saturated heterocycles. The lowest BCUT2D eigenvalue weighted by molar-refractivity contribution is -0.136. The number of benzene rings is 1. The predicted molar refractivity (Wildman–Crippen MR) is 81.1 cm³/mol. The number of aromatic nitrogens is 1. The second-order valence-electron chi connectivity index (χ2n) is 4.58. The second kappa shape index (κ2) is 5.21. The third-order valence-electron chi connectivity index (χ3n) is 3.35. The molecular formula is C16H12BrNO2. The van der Waals surface area contributed by atoms with Gasteiger partial charge < -0.3 is 4.74 Å². The van der Waals surface area contributed by atoms with Gasteiger partial charge in [-0.15, -0.1) is 0 Å². The Labute approximate surface area is 125 Å². The zero-order valence-corrected chi connectivity index (χ0v) is 12.5. The monoisotopic (exact) mass is 329 g/mol. The fourth-order valence-corrected chi connectivity index (χ4v) is 2.62. The van der Waals surface area contributed by atoms with Crippen molar-refractivity contribution in [2.75, 3.05) is 7.11 Å². The summed E-state index contributed by atoms with van der Waals surface area (Å²) in [6.45, 7) is 0. The van der Waals surface area contributed by atoms with Crippen molar-refractivity contribution in [3.63, 3.8) is 0 Å². The Morgan fingerprint density at radius 2 is 2.00 bits per heavy atom. The summed E-state index contributed by atoms with van der Waals surface area (Å²) in [5, 5.41) is 0. The lowest BCUT2D eigenvalue weighted by atomic mass is 10.0. The zero-order chi connectivity index (χ0) is 14.1. The number of pyridine rings is 1. The van der Waals surface area contributed by atoms with E-state index in [0.29, 0.717) is 12.0 Å². The van der Waals surface area contributed by atoms with Gasteiger partial charge in [0.05, 0.1) is 12.8 Å². The highest BCUT2D eigenvalue weighted by atomic mass is 79.9. The van der Waals surface area contributed by atoms with Crippen molar-refractivity contribution in [1.29, 1.82) is 0 Å². The fraction of sp³-hybridized carbons (Fsp3) is 0.125. The van der Waals surface area contributed by atoms with Crippen LogP contribution in [0.15, 0.2) is 46.6 Å². The molecule has 3 rings (SSSR count). The van der Waals surface area contributed by atoms with Crippen LogP contribution in [0.3, 0.4) is 0 Å². The van der Waals surface area contributed by atoms with E-state index in [4.69, 9.17) is 4.74 Å². The molecule has 0 unspecified atom stereocenters. The Morgan fingerprint density at radius 3 is 2.70 bits per heavy atom. The van der Waals surface area contributed by atoms with E-state index >= 15 is 0 Å². The summed E-state index contributed by atoms with van der Waals surface area (Å²) in [6, 6.07) is 9.93. The summed E-state index contributed by atoms with van der Waals surface area (Å²) in [5.74, 6) is -0.275. The van der Waals surface area contributed by atoms with Crippen LogP contribution in [0.25, 0.3) is 17.3 Å². The van der Waals surface area contributed by atoms with Crippen molar-refractivity contribution < 1.29 is 9.53 Å². The molecule has 0 saturated carbocycles. The average Bonchev–Trinajstić information content (AvgIpc) is 2.91. The van der Waals surface area contributed by atoms with Gasteiger partial charge in [-0.2, -0.15) is 0 Å². The van der Waals surface area contributed by atoms with Gasteiger partial charge in [-0.1, -0.05) is 28.1 Å². The van der Waals surface area contributed by atoms with Gasteiger partial charge >= 0.3 is 5.97 Å². The van der Waals surface area contributed by atoms with E-state index in [1.807, 2.05) is 36.4 Å². The molecule has 0 spiro atoms. The highest BCUT2D eigenvalue weighted by Crippen LogP contribution is 2.33. The minimum Gasteiger partial charge on any atom is -0.466 e. The normalized spacial score (nSPS) is 12.8. The van der Waals surface area contributed by atoms with Gasteiger partial charge in [-0.3, -0.25) is 4.98 Å². The van der Waals surface area contributed by atoms with E-state index < -0.39 is 0 Å². The van der Waals surface area contributed by atoms with Crippen LogP contribution in [-0.4, -0.2) is 18.1 Å². The second-order valence-corrected chi connectivity index (χ2v) is 5.49. The van der Waals surface area contributed by atoms with Crippen molar-refractivity contribution in [3.05, 3.63) is 57.7 Å². The van der Waals surface area contributed by atoms with Crippen LogP contribution in [0, 0.1) is 0 Å². The molecule has 0 radical (unpaired) electrons. The first-order valence-electron chi connectivity index (χ1n) is 6.22. The van der Waals surface area contributed by atoms with Crippen LogP contribution in [-0.2, 0) is 16.0 Å². The number of rotatable bonds is 2. The van der Waals surface area contributed by atoms with Crippen LogP contribution >= 0.6 is 15.9 Å². The molecule has 0 aliphatic heterocycles. The fourth-order valence-electron chi connectivity index (χ4n) is 2.36. The smallest absolute Gasteiger partial charge is 0.334 e. The summed E-state index contributed by atoms with van der Waals surface area (Å²) < 4.78 is 5.82. The van der Waals surface area contributed by atoms with E-state index in [9.17, 15) is 4.79 Å². The number of fused-ring (bicyclic) bond motifs is 1. The Balaban J connectivity index is 2.08. The largest absolute Gasteiger partial charge is 0.466 e. The van der Waals surface area contributed by atoms with Gasteiger partial charge in [-0.25, -0.2) is 4.79 Å². The van der Waals surface area contributed by atoms with E-state index in [0.717, 1.165) is 26.9 Å². The first kappa shape index (κ1) is 13.1. The highest BCUT2D eigenvalue weighted by molar-refractivity contribution is 9.10. The quantitative estimate of drug-likeness (QED) is 0.790. The lowest BCUT2D eigenvalue weighted by Crippen LogP contribution is -2.03. The molecule has 1 aromatic heterocycles. The predicted octanol–water partition coefficient (Wildman–Crippen LogP) is 3.62. The van der Waals surface area contributed by atoms with E-state index in [-0.39, 0.29) is 5.97 Å². The van der Waals surface area contributed by atoms with E-state index in [1.54, 1.807) is 6.20 Å². The number of hydrogen-bond acceptors (Lipinski definition) is 3. The van der Waals surface area contributed by atoms with Crippen LogP contribution in [0.5, 0.6) is 0 Å². The highest BCUT2D eigenvalue weighted by Gasteiger charge is 2.22. The molecule has 1 aromatic carbocycles. The van der Waals surface area contributed by atoms with Crippen molar-refractivity contribution in [3.8, 4) is 11.3 Å². The molecule has 0 amide bonds. The van der Waals surface area contributed by atoms with Crippen LogP contribution in [0.1, 0.15) is 11.1 Å². The number of ether oxygens (including phenoxy) is 1. The molecule has 0 fully saturated rings. The molecule has 4 heteroatoms. The molecule has 3 nitrogen and oxygen atoms in total. The first-order chi connectivity index (χ1) is 9.69. The maximum atomic E-state index is 11.7.